The number of rotatable bonds is 6. The minimum absolute atomic E-state index is 0.00802. The van der Waals surface area contributed by atoms with E-state index in [0.717, 1.165) is 33.4 Å². The summed E-state index contributed by atoms with van der Waals surface area (Å²) in [5.74, 6) is 4.69. The highest BCUT2D eigenvalue weighted by molar-refractivity contribution is 7.91. The van der Waals surface area contributed by atoms with E-state index in [1.165, 1.54) is 6.07 Å². The van der Waals surface area contributed by atoms with Crippen molar-refractivity contribution in [1.29, 1.82) is 0 Å². The zero-order valence-electron chi connectivity index (χ0n) is 17.6. The number of aromatic nitrogens is 1. The maximum absolute atomic E-state index is 12.9. The number of fused-ring (bicyclic) bond motifs is 1. The van der Waals surface area contributed by atoms with Crippen LogP contribution in [0.25, 0.3) is 10.9 Å². The molecule has 0 aliphatic heterocycles. The van der Waals surface area contributed by atoms with Gasteiger partial charge in [0.15, 0.2) is 0 Å². The number of sulfonamides is 1. The van der Waals surface area contributed by atoms with Crippen LogP contribution in [0.1, 0.15) is 21.6 Å². The summed E-state index contributed by atoms with van der Waals surface area (Å²) in [7, 11) is 1.73. The predicted molar refractivity (Wildman–Crippen MR) is 131 cm³/mol. The average Bonchev–Trinajstić information content (AvgIpc) is 3.40. The summed E-state index contributed by atoms with van der Waals surface area (Å²) in [4.78, 5) is 15.4. The number of aliphatic carboxylic acids is 1. The summed E-state index contributed by atoms with van der Waals surface area (Å²) in [5, 5.41) is 10.4. The zero-order chi connectivity index (χ0) is 23.6. The number of hydrogen-bond acceptors (Lipinski definition) is 4. The smallest absolute Gasteiger partial charge is 0.322 e. The molecule has 164 valence electrons. The lowest BCUT2D eigenvalue weighted by atomic mass is 9.94. The van der Waals surface area contributed by atoms with Crippen molar-refractivity contribution in [1.82, 2.24) is 9.71 Å². The first-order valence-corrected chi connectivity index (χ1v) is 12.3. The van der Waals surface area contributed by atoms with Crippen molar-refractivity contribution in [3.05, 3.63) is 82.4 Å². The molecule has 2 aromatic heterocycles. The monoisotopic (exact) mass is 474 g/mol. The molecule has 3 N–H and O–H groups in total. The molecule has 0 aliphatic rings. The summed E-state index contributed by atoms with van der Waals surface area (Å²) in [5.41, 5.74) is 3.96. The molecule has 0 spiro atoms. The van der Waals surface area contributed by atoms with Gasteiger partial charge in [-0.05, 0) is 42.8 Å². The Hall–Kier alpha value is -3.32. The van der Waals surface area contributed by atoms with Gasteiger partial charge in [-0.1, -0.05) is 47.1 Å². The molecule has 33 heavy (non-hydrogen) atoms. The molecule has 4 aromatic rings. The van der Waals surface area contributed by atoms with Crippen LogP contribution in [0.15, 0.2) is 65.0 Å². The van der Waals surface area contributed by atoms with Gasteiger partial charge in [0.1, 0.15) is 18.1 Å². The van der Waals surface area contributed by atoms with E-state index in [2.05, 4.69) is 21.5 Å². The molecular formula is C24H19BN2O4S2. The number of hydrogen-bond donors (Lipinski definition) is 3. The maximum Gasteiger partial charge on any atom is 0.322 e. The Labute approximate surface area is 197 Å². The Bertz CT molecular complexity index is 1490. The number of aryl methyl sites for hydroxylation is 1. The van der Waals surface area contributed by atoms with E-state index in [9.17, 15) is 18.3 Å². The lowest BCUT2D eigenvalue weighted by Gasteiger charge is -2.13. The quantitative estimate of drug-likeness (QED) is 0.296. The molecule has 2 radical (unpaired) electrons. The van der Waals surface area contributed by atoms with Crippen LogP contribution in [0.2, 0.25) is 0 Å². The Morgan fingerprint density at radius 3 is 2.64 bits per heavy atom. The fourth-order valence-electron chi connectivity index (χ4n) is 3.32. The largest absolute Gasteiger partial charge is 0.480 e. The van der Waals surface area contributed by atoms with Gasteiger partial charge in [0.2, 0.25) is 0 Å². The van der Waals surface area contributed by atoms with Crippen LogP contribution in [-0.2, 0) is 21.2 Å². The standard InChI is InChI=1S/C24H19BN2O4S2/c1-15-2-4-16(5-3-15)6-8-19-9-11-23(32-19)33(30,31)27-22(24(28)29)12-17-14-26-21-13-18(25)7-10-20(17)21/h2-5,7,9-11,13-14,22,26-27H,12H2,1H3,(H,28,29)/t22-/m0/s1. The molecule has 0 saturated heterocycles. The first-order valence-electron chi connectivity index (χ1n) is 10.0. The maximum atomic E-state index is 12.9. The van der Waals surface area contributed by atoms with Crippen LogP contribution >= 0.6 is 11.3 Å². The Morgan fingerprint density at radius 2 is 1.91 bits per heavy atom. The van der Waals surface area contributed by atoms with Crippen LogP contribution in [0.3, 0.4) is 0 Å². The van der Waals surface area contributed by atoms with Gasteiger partial charge in [-0.2, -0.15) is 4.72 Å². The first kappa shape index (κ1) is 22.9. The molecule has 0 fully saturated rings. The van der Waals surface area contributed by atoms with E-state index in [4.69, 9.17) is 7.85 Å². The van der Waals surface area contributed by atoms with Gasteiger partial charge in [0, 0.05) is 29.1 Å². The number of benzene rings is 2. The molecule has 0 aliphatic carbocycles. The topological polar surface area (TPSA) is 99.3 Å². The summed E-state index contributed by atoms with van der Waals surface area (Å²) in [6.07, 6.45) is 1.64. The molecule has 6 nitrogen and oxygen atoms in total. The normalized spacial score (nSPS) is 12.3. The van der Waals surface area contributed by atoms with E-state index < -0.39 is 22.0 Å². The Morgan fingerprint density at radius 1 is 1.15 bits per heavy atom. The van der Waals surface area contributed by atoms with Gasteiger partial charge in [0.25, 0.3) is 10.0 Å². The molecule has 0 amide bonds. The van der Waals surface area contributed by atoms with Crippen molar-refractivity contribution >= 4 is 51.5 Å². The highest BCUT2D eigenvalue weighted by atomic mass is 32.2. The summed E-state index contributed by atoms with van der Waals surface area (Å²) in [6, 6.07) is 14.6. The number of carboxylic acid groups (broad SMARTS) is 1. The van der Waals surface area contributed by atoms with Crippen LogP contribution in [0, 0.1) is 18.8 Å². The van der Waals surface area contributed by atoms with E-state index in [1.54, 1.807) is 30.5 Å². The molecule has 0 unspecified atom stereocenters. The minimum atomic E-state index is -4.05. The van der Waals surface area contributed by atoms with E-state index in [0.29, 0.717) is 15.9 Å². The predicted octanol–water partition coefficient (Wildman–Crippen LogP) is 2.71. The van der Waals surface area contributed by atoms with Crippen LogP contribution < -0.4 is 10.2 Å². The van der Waals surface area contributed by atoms with Gasteiger partial charge >= 0.3 is 5.97 Å². The average molecular weight is 474 g/mol. The number of H-pyrrole nitrogens is 1. The van der Waals surface area contributed by atoms with E-state index >= 15 is 0 Å². The molecule has 0 bridgehead atoms. The highest BCUT2D eigenvalue weighted by Crippen LogP contribution is 2.23. The third-order valence-corrected chi connectivity index (χ3v) is 8.00. The summed E-state index contributed by atoms with van der Waals surface area (Å²) >= 11 is 0.991. The Kier molecular flexibility index (Phi) is 6.43. The van der Waals surface area contributed by atoms with Gasteiger partial charge in [-0.25, -0.2) is 8.42 Å². The zero-order valence-corrected chi connectivity index (χ0v) is 19.3. The highest BCUT2D eigenvalue weighted by Gasteiger charge is 2.27. The van der Waals surface area contributed by atoms with Crippen molar-refractivity contribution in [3.8, 4) is 11.8 Å². The summed E-state index contributed by atoms with van der Waals surface area (Å²) in [6.45, 7) is 1.99. The van der Waals surface area contributed by atoms with Crippen LogP contribution in [0.4, 0.5) is 0 Å². The van der Waals surface area contributed by atoms with Crippen molar-refractivity contribution in [3.63, 3.8) is 0 Å². The molecule has 1 atom stereocenters. The second kappa shape index (κ2) is 9.28. The number of carboxylic acids is 1. The number of carbonyl (C=O) groups is 1. The van der Waals surface area contributed by atoms with Gasteiger partial charge in [-0.3, -0.25) is 4.79 Å². The van der Waals surface area contributed by atoms with E-state index in [-0.39, 0.29) is 10.6 Å². The minimum Gasteiger partial charge on any atom is -0.480 e. The first-order chi connectivity index (χ1) is 15.7. The van der Waals surface area contributed by atoms with Crippen molar-refractivity contribution in [2.75, 3.05) is 0 Å². The van der Waals surface area contributed by atoms with E-state index in [1.807, 2.05) is 31.2 Å². The third kappa shape index (κ3) is 5.37. The second-order valence-corrected chi connectivity index (χ2v) is 10.6. The fraction of sp³-hybridized carbons (Fsp3) is 0.125. The lowest BCUT2D eigenvalue weighted by molar-refractivity contribution is -0.138. The van der Waals surface area contributed by atoms with Crippen LogP contribution in [-0.4, -0.2) is 38.4 Å². The molecule has 2 aromatic carbocycles. The SMILES string of the molecule is [B]c1ccc2c(C[C@H](NS(=O)(=O)c3ccc(C#Cc4ccc(C)cc4)s3)C(=O)O)c[nH]c2c1. The van der Waals surface area contributed by atoms with Crippen molar-refractivity contribution < 1.29 is 18.3 Å². The van der Waals surface area contributed by atoms with Crippen LogP contribution in [0.5, 0.6) is 0 Å². The second-order valence-electron chi connectivity index (χ2n) is 7.57. The van der Waals surface area contributed by atoms with Gasteiger partial charge in [0.05, 0.1) is 4.88 Å². The van der Waals surface area contributed by atoms with Crippen molar-refractivity contribution in [2.24, 2.45) is 0 Å². The lowest BCUT2D eigenvalue weighted by Crippen LogP contribution is -2.42. The number of nitrogens with one attached hydrogen (secondary N) is 2. The number of aromatic amines is 1. The van der Waals surface area contributed by atoms with Gasteiger partial charge < -0.3 is 10.1 Å². The molecule has 0 saturated carbocycles. The fourth-order valence-corrected chi connectivity index (χ4v) is 5.69. The molecule has 9 heteroatoms. The van der Waals surface area contributed by atoms with Gasteiger partial charge in [-0.15, -0.1) is 11.3 Å². The third-order valence-electron chi connectivity index (χ3n) is 5.04. The summed E-state index contributed by atoms with van der Waals surface area (Å²) < 4.78 is 28.1. The van der Waals surface area contributed by atoms with Crippen molar-refractivity contribution in [2.45, 2.75) is 23.6 Å². The molecule has 2 heterocycles. The molecular weight excluding hydrogens is 455 g/mol. The number of thiophene rings is 1. The Balaban J connectivity index is 1.52. The molecule has 4 rings (SSSR count).